The Hall–Kier alpha value is -1.52. The average molecular weight is 220 g/mol. The number of ether oxygens (including phenoxy) is 1. The lowest BCUT2D eigenvalue weighted by Crippen LogP contribution is -2.07. The molecule has 0 aliphatic carbocycles. The van der Waals surface area contributed by atoms with Gasteiger partial charge in [0.25, 0.3) is 0 Å². The predicted molar refractivity (Wildman–Crippen MR) is 48.1 cm³/mol. The second kappa shape index (κ2) is 4.33. The van der Waals surface area contributed by atoms with Crippen LogP contribution < -0.4 is 4.74 Å². The largest absolute Gasteiger partial charge is 0.497 e. The van der Waals surface area contributed by atoms with Gasteiger partial charge in [-0.25, -0.2) is 4.39 Å². The van der Waals surface area contributed by atoms with E-state index in [1.54, 1.807) is 0 Å². The summed E-state index contributed by atoms with van der Waals surface area (Å²) < 4.78 is 52.7. The Morgan fingerprint density at radius 3 is 2.13 bits per heavy atom. The number of allylic oxidation sites excluding steroid dienone is 1. The predicted octanol–water partition coefficient (Wildman–Crippen LogP) is 3.57. The van der Waals surface area contributed by atoms with Crippen molar-refractivity contribution < 1.29 is 22.3 Å². The van der Waals surface area contributed by atoms with Gasteiger partial charge >= 0.3 is 6.18 Å². The molecule has 0 saturated heterocycles. The van der Waals surface area contributed by atoms with Crippen LogP contribution in [0.2, 0.25) is 0 Å². The third-order valence-electron chi connectivity index (χ3n) is 1.68. The van der Waals surface area contributed by atoms with E-state index in [9.17, 15) is 17.6 Å². The molecule has 0 N–H and O–H groups in total. The van der Waals surface area contributed by atoms with Crippen LogP contribution in [0.4, 0.5) is 17.6 Å². The van der Waals surface area contributed by atoms with E-state index in [0.717, 1.165) is 0 Å². The van der Waals surface area contributed by atoms with Crippen molar-refractivity contribution in [3.63, 3.8) is 0 Å². The standard InChI is InChI=1S/C10H8F4O/c1-15-8-4-2-7(3-5-8)6-9(11)10(12,13)14/h2-6H,1H3/b9-6-. The molecule has 0 atom stereocenters. The van der Waals surface area contributed by atoms with E-state index in [-0.39, 0.29) is 5.56 Å². The minimum absolute atomic E-state index is 0.130. The Balaban J connectivity index is 2.89. The first-order chi connectivity index (χ1) is 6.93. The molecule has 1 aromatic rings. The van der Waals surface area contributed by atoms with Gasteiger partial charge in [-0.15, -0.1) is 0 Å². The Morgan fingerprint density at radius 1 is 1.20 bits per heavy atom. The zero-order chi connectivity index (χ0) is 11.5. The van der Waals surface area contributed by atoms with Crippen LogP contribution in [0.25, 0.3) is 6.08 Å². The summed E-state index contributed by atoms with van der Waals surface area (Å²) >= 11 is 0. The number of rotatable bonds is 2. The van der Waals surface area contributed by atoms with Crippen molar-refractivity contribution in [2.75, 3.05) is 7.11 Å². The second-order valence-electron chi connectivity index (χ2n) is 2.76. The van der Waals surface area contributed by atoms with Crippen LogP contribution in [0, 0.1) is 0 Å². The van der Waals surface area contributed by atoms with Crippen LogP contribution in [-0.4, -0.2) is 13.3 Å². The summed E-state index contributed by atoms with van der Waals surface area (Å²) in [5.41, 5.74) is 0.130. The summed E-state index contributed by atoms with van der Waals surface area (Å²) in [4.78, 5) is 0. The van der Waals surface area contributed by atoms with Crippen molar-refractivity contribution in [1.82, 2.24) is 0 Å². The molecule has 15 heavy (non-hydrogen) atoms. The fraction of sp³-hybridized carbons (Fsp3) is 0.200. The molecule has 0 aliphatic heterocycles. The van der Waals surface area contributed by atoms with Crippen molar-refractivity contribution in [3.8, 4) is 5.75 Å². The SMILES string of the molecule is COc1ccc(/C=C(\F)C(F)(F)F)cc1. The van der Waals surface area contributed by atoms with Crippen LogP contribution in [0.5, 0.6) is 5.75 Å². The summed E-state index contributed by atoms with van der Waals surface area (Å²) in [5, 5.41) is 0. The molecular weight excluding hydrogens is 212 g/mol. The first-order valence-corrected chi connectivity index (χ1v) is 4.02. The fourth-order valence-electron chi connectivity index (χ4n) is 0.928. The van der Waals surface area contributed by atoms with Crippen LogP contribution >= 0.6 is 0 Å². The minimum Gasteiger partial charge on any atom is -0.497 e. The summed E-state index contributed by atoms with van der Waals surface area (Å²) in [6.45, 7) is 0. The van der Waals surface area contributed by atoms with Gasteiger partial charge in [0, 0.05) is 0 Å². The van der Waals surface area contributed by atoms with Gasteiger partial charge in [-0.1, -0.05) is 12.1 Å². The van der Waals surface area contributed by atoms with Gasteiger partial charge < -0.3 is 4.74 Å². The molecule has 0 bridgehead atoms. The molecule has 0 fully saturated rings. The zero-order valence-corrected chi connectivity index (χ0v) is 7.81. The Bertz CT molecular complexity index is 351. The maximum absolute atomic E-state index is 12.5. The average Bonchev–Trinajstić information content (AvgIpc) is 2.17. The summed E-state index contributed by atoms with van der Waals surface area (Å²) in [7, 11) is 1.43. The molecule has 0 heterocycles. The molecule has 0 unspecified atom stereocenters. The Kier molecular flexibility index (Phi) is 3.34. The third kappa shape index (κ3) is 3.27. The van der Waals surface area contributed by atoms with E-state index in [1.165, 1.54) is 31.4 Å². The number of benzene rings is 1. The van der Waals surface area contributed by atoms with Crippen molar-refractivity contribution in [2.45, 2.75) is 6.18 Å². The van der Waals surface area contributed by atoms with Crippen molar-refractivity contribution >= 4 is 6.08 Å². The summed E-state index contributed by atoms with van der Waals surface area (Å²) in [6, 6.07) is 5.58. The molecule has 1 nitrogen and oxygen atoms in total. The smallest absolute Gasteiger partial charge is 0.442 e. The van der Waals surface area contributed by atoms with Gasteiger partial charge in [0.15, 0.2) is 0 Å². The zero-order valence-electron chi connectivity index (χ0n) is 7.81. The number of hydrogen-bond donors (Lipinski definition) is 0. The first-order valence-electron chi connectivity index (χ1n) is 4.02. The van der Waals surface area contributed by atoms with Gasteiger partial charge in [-0.3, -0.25) is 0 Å². The van der Waals surface area contributed by atoms with E-state index in [4.69, 9.17) is 4.74 Å². The van der Waals surface area contributed by atoms with Crippen LogP contribution in [0.15, 0.2) is 30.1 Å². The molecule has 0 saturated carbocycles. The number of hydrogen-bond acceptors (Lipinski definition) is 1. The summed E-state index contributed by atoms with van der Waals surface area (Å²) in [5.74, 6) is -1.62. The third-order valence-corrected chi connectivity index (χ3v) is 1.68. The highest BCUT2D eigenvalue weighted by atomic mass is 19.4. The molecule has 1 aromatic carbocycles. The molecule has 0 spiro atoms. The monoisotopic (exact) mass is 220 g/mol. The van der Waals surface area contributed by atoms with Gasteiger partial charge in [0.1, 0.15) is 5.75 Å². The van der Waals surface area contributed by atoms with Crippen LogP contribution in [0.1, 0.15) is 5.56 Å². The summed E-state index contributed by atoms with van der Waals surface area (Å²) in [6.07, 6.45) is -4.50. The van der Waals surface area contributed by atoms with Gasteiger partial charge in [0.2, 0.25) is 5.83 Å². The highest BCUT2D eigenvalue weighted by molar-refractivity contribution is 5.53. The molecule has 0 aromatic heterocycles. The molecular formula is C10H8F4O. The molecule has 0 radical (unpaired) electrons. The second-order valence-corrected chi connectivity index (χ2v) is 2.76. The topological polar surface area (TPSA) is 9.23 Å². The molecule has 1 rings (SSSR count). The van der Waals surface area contributed by atoms with E-state index in [0.29, 0.717) is 11.8 Å². The van der Waals surface area contributed by atoms with Gasteiger partial charge in [-0.2, -0.15) is 13.2 Å². The Morgan fingerprint density at radius 2 is 1.73 bits per heavy atom. The first kappa shape index (κ1) is 11.6. The van der Waals surface area contributed by atoms with E-state index in [1.807, 2.05) is 0 Å². The van der Waals surface area contributed by atoms with Crippen molar-refractivity contribution in [1.29, 1.82) is 0 Å². The highest BCUT2D eigenvalue weighted by Gasteiger charge is 2.34. The number of halogens is 4. The van der Waals surface area contributed by atoms with Crippen LogP contribution in [-0.2, 0) is 0 Å². The maximum Gasteiger partial charge on any atom is 0.442 e. The quantitative estimate of drug-likeness (QED) is 0.692. The molecule has 0 amide bonds. The number of alkyl halides is 3. The van der Waals surface area contributed by atoms with E-state index < -0.39 is 12.0 Å². The normalized spacial score (nSPS) is 12.7. The lowest BCUT2D eigenvalue weighted by atomic mass is 10.2. The van der Waals surface area contributed by atoms with Gasteiger partial charge in [0.05, 0.1) is 7.11 Å². The Labute approximate surface area is 84.0 Å². The van der Waals surface area contributed by atoms with E-state index >= 15 is 0 Å². The maximum atomic E-state index is 12.5. The van der Waals surface area contributed by atoms with Crippen LogP contribution in [0.3, 0.4) is 0 Å². The molecule has 5 heteroatoms. The number of methoxy groups -OCH3 is 1. The fourth-order valence-corrected chi connectivity index (χ4v) is 0.928. The van der Waals surface area contributed by atoms with Crippen molar-refractivity contribution in [2.24, 2.45) is 0 Å². The highest BCUT2D eigenvalue weighted by Crippen LogP contribution is 2.28. The lowest BCUT2D eigenvalue weighted by molar-refractivity contribution is -0.107. The molecule has 82 valence electrons. The molecule has 0 aliphatic rings. The lowest BCUT2D eigenvalue weighted by Gasteiger charge is -2.03. The van der Waals surface area contributed by atoms with Gasteiger partial charge in [-0.05, 0) is 23.8 Å². The van der Waals surface area contributed by atoms with Crippen molar-refractivity contribution in [3.05, 3.63) is 35.7 Å². The van der Waals surface area contributed by atoms with E-state index in [2.05, 4.69) is 0 Å². The minimum atomic E-state index is -4.93.